The zero-order valence-corrected chi connectivity index (χ0v) is 12.2. The molecular formula is C15H16N4O3. The first-order valence-electron chi connectivity index (χ1n) is 7.15. The van der Waals surface area contributed by atoms with Crippen molar-refractivity contribution >= 4 is 17.6 Å². The molecule has 0 saturated heterocycles. The predicted molar refractivity (Wildman–Crippen MR) is 80.1 cm³/mol. The van der Waals surface area contributed by atoms with Crippen molar-refractivity contribution in [2.75, 3.05) is 18.1 Å². The van der Waals surface area contributed by atoms with Crippen molar-refractivity contribution < 1.29 is 9.53 Å². The molecule has 0 radical (unpaired) electrons. The van der Waals surface area contributed by atoms with Gasteiger partial charge in [0.25, 0.3) is 5.56 Å². The molecule has 7 heteroatoms. The van der Waals surface area contributed by atoms with E-state index < -0.39 is 5.97 Å². The second kappa shape index (κ2) is 5.97. The summed E-state index contributed by atoms with van der Waals surface area (Å²) in [5.74, 6) is 0.0381. The summed E-state index contributed by atoms with van der Waals surface area (Å²) in [7, 11) is 0. The molecule has 0 unspecified atom stereocenters. The minimum Gasteiger partial charge on any atom is -0.466 e. The molecule has 114 valence electrons. The van der Waals surface area contributed by atoms with Crippen LogP contribution in [-0.4, -0.2) is 33.9 Å². The molecule has 0 saturated carbocycles. The summed E-state index contributed by atoms with van der Waals surface area (Å²) in [6.45, 7) is 3.17. The molecule has 0 fully saturated rings. The number of carbonyl (C=O) groups excluding carboxylic acids is 1. The maximum Gasteiger partial charge on any atom is 0.312 e. The van der Waals surface area contributed by atoms with Crippen LogP contribution in [0.4, 0.5) is 11.6 Å². The molecule has 3 rings (SSSR count). The van der Waals surface area contributed by atoms with Gasteiger partial charge in [0.1, 0.15) is 5.69 Å². The number of aromatic nitrogens is 3. The van der Waals surface area contributed by atoms with Crippen LogP contribution in [0.1, 0.15) is 12.6 Å². The number of rotatable bonds is 4. The third-order valence-electron chi connectivity index (χ3n) is 3.47. The lowest BCUT2D eigenvalue weighted by Crippen LogP contribution is -2.27. The zero-order valence-electron chi connectivity index (χ0n) is 12.2. The second-order valence-corrected chi connectivity index (χ2v) is 4.87. The van der Waals surface area contributed by atoms with Crippen LogP contribution in [0.15, 0.2) is 35.1 Å². The van der Waals surface area contributed by atoms with Crippen molar-refractivity contribution in [3.05, 3.63) is 46.4 Å². The van der Waals surface area contributed by atoms with E-state index in [-0.39, 0.29) is 24.3 Å². The number of hydrogen-bond donors (Lipinski definition) is 0. The van der Waals surface area contributed by atoms with E-state index in [9.17, 15) is 9.59 Å². The van der Waals surface area contributed by atoms with Crippen LogP contribution in [0.3, 0.4) is 0 Å². The standard InChI is InChI=1S/C15H16N4O3/c1-2-22-13(20)10-12-14(21)19-9-8-18(15(19)17-16-12)11-6-4-3-5-7-11/h3-7H,2,8-10H2,1H3. The monoisotopic (exact) mass is 300 g/mol. The van der Waals surface area contributed by atoms with Crippen LogP contribution < -0.4 is 10.5 Å². The Hall–Kier alpha value is -2.70. The number of carbonyl (C=O) groups is 1. The van der Waals surface area contributed by atoms with Gasteiger partial charge < -0.3 is 9.64 Å². The Morgan fingerprint density at radius 1 is 1.23 bits per heavy atom. The Labute approximate surface area is 127 Å². The lowest BCUT2D eigenvalue weighted by Gasteiger charge is -2.16. The Kier molecular flexibility index (Phi) is 3.86. The van der Waals surface area contributed by atoms with E-state index in [2.05, 4.69) is 10.2 Å². The largest absolute Gasteiger partial charge is 0.466 e. The van der Waals surface area contributed by atoms with Gasteiger partial charge in [0, 0.05) is 18.8 Å². The molecule has 2 heterocycles. The number of hydrogen-bond acceptors (Lipinski definition) is 6. The highest BCUT2D eigenvalue weighted by Gasteiger charge is 2.25. The molecule has 0 bridgehead atoms. The summed E-state index contributed by atoms with van der Waals surface area (Å²) in [6.07, 6.45) is -0.148. The van der Waals surface area contributed by atoms with Crippen LogP contribution in [0.2, 0.25) is 0 Å². The maximum absolute atomic E-state index is 12.4. The summed E-state index contributed by atoms with van der Waals surface area (Å²) in [6, 6.07) is 9.70. The van der Waals surface area contributed by atoms with Crippen molar-refractivity contribution in [2.45, 2.75) is 19.9 Å². The molecule has 0 amide bonds. The number of ether oxygens (including phenoxy) is 1. The van der Waals surface area contributed by atoms with Crippen LogP contribution >= 0.6 is 0 Å². The molecule has 0 atom stereocenters. The molecule has 0 aliphatic carbocycles. The van der Waals surface area contributed by atoms with E-state index in [1.807, 2.05) is 35.2 Å². The molecule has 1 aliphatic heterocycles. The van der Waals surface area contributed by atoms with E-state index >= 15 is 0 Å². The summed E-state index contributed by atoms with van der Waals surface area (Å²) in [5.41, 5.74) is 0.800. The molecule has 1 aromatic carbocycles. The summed E-state index contributed by atoms with van der Waals surface area (Å²) >= 11 is 0. The molecule has 2 aromatic rings. The van der Waals surface area contributed by atoms with Gasteiger partial charge in [0.05, 0.1) is 13.0 Å². The molecule has 0 spiro atoms. The SMILES string of the molecule is CCOC(=O)Cc1nnc2n(c1=O)CCN2c1ccccc1. The van der Waals surface area contributed by atoms with Gasteiger partial charge in [-0.25, -0.2) is 0 Å². The Balaban J connectivity index is 1.91. The Morgan fingerprint density at radius 2 is 2.00 bits per heavy atom. The molecule has 1 aliphatic rings. The third-order valence-corrected chi connectivity index (χ3v) is 3.47. The first kappa shape index (κ1) is 14.2. The quantitative estimate of drug-likeness (QED) is 0.781. The highest BCUT2D eigenvalue weighted by Crippen LogP contribution is 2.25. The van der Waals surface area contributed by atoms with Gasteiger partial charge in [-0.15, -0.1) is 10.2 Å². The van der Waals surface area contributed by atoms with Crippen LogP contribution in [0.25, 0.3) is 0 Å². The van der Waals surface area contributed by atoms with Crippen molar-refractivity contribution in [1.29, 1.82) is 0 Å². The highest BCUT2D eigenvalue weighted by atomic mass is 16.5. The highest BCUT2D eigenvalue weighted by molar-refractivity contribution is 5.71. The van der Waals surface area contributed by atoms with Gasteiger partial charge in [0.15, 0.2) is 0 Å². The average Bonchev–Trinajstić information content (AvgIpc) is 2.96. The van der Waals surface area contributed by atoms with Crippen molar-refractivity contribution in [1.82, 2.24) is 14.8 Å². The maximum atomic E-state index is 12.4. The Bertz CT molecular complexity index is 742. The lowest BCUT2D eigenvalue weighted by atomic mass is 10.3. The lowest BCUT2D eigenvalue weighted by molar-refractivity contribution is -0.142. The van der Waals surface area contributed by atoms with E-state index in [4.69, 9.17) is 4.74 Å². The van der Waals surface area contributed by atoms with Crippen molar-refractivity contribution in [2.24, 2.45) is 0 Å². The van der Waals surface area contributed by atoms with Crippen molar-refractivity contribution in [3.8, 4) is 0 Å². The first-order valence-corrected chi connectivity index (χ1v) is 7.15. The van der Waals surface area contributed by atoms with Gasteiger partial charge >= 0.3 is 5.97 Å². The van der Waals surface area contributed by atoms with Gasteiger partial charge in [0.2, 0.25) is 5.95 Å². The second-order valence-electron chi connectivity index (χ2n) is 4.87. The summed E-state index contributed by atoms with van der Waals surface area (Å²) < 4.78 is 6.40. The minimum atomic E-state index is -0.465. The Morgan fingerprint density at radius 3 is 2.73 bits per heavy atom. The number of benzene rings is 1. The number of para-hydroxylation sites is 1. The summed E-state index contributed by atoms with van der Waals surface area (Å²) in [4.78, 5) is 25.8. The van der Waals surface area contributed by atoms with Crippen molar-refractivity contribution in [3.63, 3.8) is 0 Å². The molecule has 1 aromatic heterocycles. The van der Waals surface area contributed by atoms with E-state index in [0.29, 0.717) is 19.0 Å². The normalized spacial score (nSPS) is 13.0. The summed E-state index contributed by atoms with van der Waals surface area (Å²) in [5, 5.41) is 8.04. The van der Waals surface area contributed by atoms with Gasteiger partial charge in [-0.3, -0.25) is 14.2 Å². The molecule has 0 N–H and O–H groups in total. The average molecular weight is 300 g/mol. The molecule has 7 nitrogen and oxygen atoms in total. The van der Waals surface area contributed by atoms with Crippen LogP contribution in [0, 0.1) is 0 Å². The topological polar surface area (TPSA) is 77.3 Å². The van der Waals surface area contributed by atoms with Gasteiger partial charge in [-0.1, -0.05) is 18.2 Å². The van der Waals surface area contributed by atoms with Gasteiger partial charge in [-0.2, -0.15) is 0 Å². The number of anilines is 2. The van der Waals surface area contributed by atoms with E-state index in [1.54, 1.807) is 11.5 Å². The van der Waals surface area contributed by atoms with Crippen LogP contribution in [-0.2, 0) is 22.5 Å². The third kappa shape index (κ3) is 2.57. The predicted octanol–water partition coefficient (Wildman–Crippen LogP) is 0.896. The fourth-order valence-corrected chi connectivity index (χ4v) is 2.46. The fraction of sp³-hybridized carbons (Fsp3) is 0.333. The molecule has 22 heavy (non-hydrogen) atoms. The van der Waals surface area contributed by atoms with Crippen LogP contribution in [0.5, 0.6) is 0 Å². The van der Waals surface area contributed by atoms with Gasteiger partial charge in [-0.05, 0) is 19.1 Å². The number of esters is 1. The smallest absolute Gasteiger partial charge is 0.312 e. The van der Waals surface area contributed by atoms with E-state index in [0.717, 1.165) is 5.69 Å². The first-order chi connectivity index (χ1) is 10.7. The number of fused-ring (bicyclic) bond motifs is 1. The molecular weight excluding hydrogens is 284 g/mol. The minimum absolute atomic E-state index is 0.122. The fourth-order valence-electron chi connectivity index (χ4n) is 2.46. The number of nitrogens with zero attached hydrogens (tertiary/aromatic N) is 4. The van der Waals surface area contributed by atoms with E-state index in [1.165, 1.54) is 0 Å². The zero-order chi connectivity index (χ0) is 15.5.